The second-order valence-electron chi connectivity index (χ2n) is 6.75. The number of anilines is 2. The van der Waals surface area contributed by atoms with Gasteiger partial charge in [0.25, 0.3) is 0 Å². The third-order valence-corrected chi connectivity index (χ3v) is 6.45. The van der Waals surface area contributed by atoms with Crippen LogP contribution in [0.1, 0.15) is 19.4 Å². The molecule has 2 aromatic rings. The standard InChI is InChI=1S/C21H30N4O3S/c1-5-24(6-2)19-14-12-18(13-15-19)16-22-21(26)17-25(29(27,28)23(3)4)20-10-8-7-9-11-20/h7-15H,5-6,16-17H2,1-4H3,(H,22,26). The Morgan fingerprint density at radius 2 is 1.48 bits per heavy atom. The minimum absolute atomic E-state index is 0.290. The van der Waals surface area contributed by atoms with E-state index in [1.807, 2.05) is 24.3 Å². The van der Waals surface area contributed by atoms with Gasteiger partial charge in [0.15, 0.2) is 0 Å². The molecule has 0 fully saturated rings. The van der Waals surface area contributed by atoms with Crippen LogP contribution in [0.3, 0.4) is 0 Å². The van der Waals surface area contributed by atoms with Crippen LogP contribution in [-0.4, -0.2) is 52.4 Å². The van der Waals surface area contributed by atoms with Gasteiger partial charge in [-0.25, -0.2) is 4.31 Å². The zero-order valence-corrected chi connectivity index (χ0v) is 18.3. The molecule has 158 valence electrons. The van der Waals surface area contributed by atoms with Crippen molar-refractivity contribution in [2.75, 3.05) is 42.9 Å². The number of para-hydroxylation sites is 1. The molecule has 0 radical (unpaired) electrons. The first-order valence-corrected chi connectivity index (χ1v) is 11.0. The van der Waals surface area contributed by atoms with Gasteiger partial charge in [-0.3, -0.25) is 4.79 Å². The first kappa shape index (κ1) is 22.7. The minimum atomic E-state index is -3.79. The Kier molecular flexibility index (Phi) is 8.04. The number of carbonyl (C=O) groups is 1. The van der Waals surface area contributed by atoms with Crippen LogP contribution in [0, 0.1) is 0 Å². The summed E-state index contributed by atoms with van der Waals surface area (Å²) in [6.45, 7) is 6.13. The molecule has 29 heavy (non-hydrogen) atoms. The van der Waals surface area contributed by atoms with Crippen LogP contribution in [0.4, 0.5) is 11.4 Å². The lowest BCUT2D eigenvalue weighted by atomic mass is 10.2. The molecule has 1 amide bonds. The van der Waals surface area contributed by atoms with Crippen molar-refractivity contribution in [3.8, 4) is 0 Å². The van der Waals surface area contributed by atoms with E-state index in [0.717, 1.165) is 33.0 Å². The lowest BCUT2D eigenvalue weighted by molar-refractivity contribution is -0.119. The first-order chi connectivity index (χ1) is 13.8. The van der Waals surface area contributed by atoms with E-state index in [1.54, 1.807) is 30.3 Å². The molecule has 0 unspecified atom stereocenters. The topological polar surface area (TPSA) is 73.0 Å². The van der Waals surface area contributed by atoms with Crippen molar-refractivity contribution in [1.29, 1.82) is 0 Å². The summed E-state index contributed by atoms with van der Waals surface area (Å²) in [5.41, 5.74) is 2.54. The van der Waals surface area contributed by atoms with E-state index in [2.05, 4.69) is 24.1 Å². The molecule has 1 N–H and O–H groups in total. The SMILES string of the molecule is CCN(CC)c1ccc(CNC(=O)CN(c2ccccc2)S(=O)(=O)N(C)C)cc1. The maximum Gasteiger partial charge on any atom is 0.304 e. The smallest absolute Gasteiger partial charge is 0.304 e. The molecule has 8 heteroatoms. The zero-order valence-electron chi connectivity index (χ0n) is 17.5. The highest BCUT2D eigenvalue weighted by atomic mass is 32.2. The van der Waals surface area contributed by atoms with Gasteiger partial charge in [-0.15, -0.1) is 0 Å². The molecule has 0 aliphatic carbocycles. The molecule has 0 aliphatic heterocycles. The largest absolute Gasteiger partial charge is 0.372 e. The number of nitrogens with one attached hydrogen (secondary N) is 1. The quantitative estimate of drug-likeness (QED) is 0.643. The van der Waals surface area contributed by atoms with Crippen molar-refractivity contribution < 1.29 is 13.2 Å². The maximum atomic E-state index is 12.7. The summed E-state index contributed by atoms with van der Waals surface area (Å²) < 4.78 is 27.5. The summed E-state index contributed by atoms with van der Waals surface area (Å²) in [6.07, 6.45) is 0. The number of nitrogens with zero attached hydrogens (tertiary/aromatic N) is 3. The van der Waals surface area contributed by atoms with Crippen LogP contribution in [0.5, 0.6) is 0 Å². The van der Waals surface area contributed by atoms with E-state index in [-0.39, 0.29) is 12.5 Å². The number of amides is 1. The van der Waals surface area contributed by atoms with Crippen LogP contribution in [0.15, 0.2) is 54.6 Å². The first-order valence-electron chi connectivity index (χ1n) is 9.65. The van der Waals surface area contributed by atoms with Gasteiger partial charge in [-0.1, -0.05) is 30.3 Å². The number of benzene rings is 2. The highest BCUT2D eigenvalue weighted by Crippen LogP contribution is 2.19. The van der Waals surface area contributed by atoms with Crippen molar-refractivity contribution in [2.24, 2.45) is 0 Å². The molecular formula is C21H30N4O3S. The Balaban J connectivity index is 2.05. The fraction of sp³-hybridized carbons (Fsp3) is 0.381. The molecule has 7 nitrogen and oxygen atoms in total. The Labute approximate surface area is 174 Å². The van der Waals surface area contributed by atoms with Crippen LogP contribution in [0.25, 0.3) is 0 Å². The second-order valence-corrected chi connectivity index (χ2v) is 8.81. The molecular weight excluding hydrogens is 388 g/mol. The Hall–Kier alpha value is -2.58. The van der Waals surface area contributed by atoms with E-state index in [9.17, 15) is 13.2 Å². The van der Waals surface area contributed by atoms with Gasteiger partial charge in [-0.05, 0) is 43.7 Å². The number of hydrogen-bond donors (Lipinski definition) is 1. The normalized spacial score (nSPS) is 11.3. The van der Waals surface area contributed by atoms with Gasteiger partial charge in [0.05, 0.1) is 5.69 Å². The number of hydrogen-bond acceptors (Lipinski definition) is 4. The van der Waals surface area contributed by atoms with E-state index in [4.69, 9.17) is 0 Å². The lowest BCUT2D eigenvalue weighted by Crippen LogP contribution is -2.45. The molecule has 0 spiro atoms. The maximum absolute atomic E-state index is 12.7. The van der Waals surface area contributed by atoms with Gasteiger partial charge in [0, 0.05) is 39.4 Å². The fourth-order valence-corrected chi connectivity index (χ4v) is 3.96. The Morgan fingerprint density at radius 1 is 0.897 bits per heavy atom. The average Bonchev–Trinajstić information content (AvgIpc) is 2.72. The number of rotatable bonds is 10. The summed E-state index contributed by atoms with van der Waals surface area (Å²) in [6, 6.07) is 16.6. The van der Waals surface area contributed by atoms with Crippen molar-refractivity contribution in [3.63, 3.8) is 0 Å². The van der Waals surface area contributed by atoms with Crippen LogP contribution < -0.4 is 14.5 Å². The van der Waals surface area contributed by atoms with E-state index >= 15 is 0 Å². The van der Waals surface area contributed by atoms with E-state index in [1.165, 1.54) is 14.1 Å². The van der Waals surface area contributed by atoms with Crippen molar-refractivity contribution in [1.82, 2.24) is 9.62 Å². The molecule has 0 bridgehead atoms. The molecule has 0 heterocycles. The summed E-state index contributed by atoms with van der Waals surface area (Å²) >= 11 is 0. The van der Waals surface area contributed by atoms with Crippen molar-refractivity contribution in [3.05, 3.63) is 60.2 Å². The lowest BCUT2D eigenvalue weighted by Gasteiger charge is -2.26. The molecule has 2 rings (SSSR count). The molecule has 0 atom stereocenters. The van der Waals surface area contributed by atoms with Gasteiger partial charge in [0.1, 0.15) is 6.54 Å². The third-order valence-electron chi connectivity index (χ3n) is 4.63. The molecule has 0 saturated heterocycles. The summed E-state index contributed by atoms with van der Waals surface area (Å²) in [7, 11) is -0.901. The van der Waals surface area contributed by atoms with Crippen LogP contribution in [-0.2, 0) is 21.5 Å². The van der Waals surface area contributed by atoms with Crippen LogP contribution >= 0.6 is 0 Å². The Morgan fingerprint density at radius 3 is 2.00 bits per heavy atom. The average molecular weight is 419 g/mol. The highest BCUT2D eigenvalue weighted by Gasteiger charge is 2.27. The summed E-state index contributed by atoms with van der Waals surface area (Å²) in [4.78, 5) is 14.7. The van der Waals surface area contributed by atoms with Gasteiger partial charge >= 0.3 is 10.2 Å². The van der Waals surface area contributed by atoms with Gasteiger partial charge in [-0.2, -0.15) is 12.7 Å². The van der Waals surface area contributed by atoms with Crippen molar-refractivity contribution in [2.45, 2.75) is 20.4 Å². The van der Waals surface area contributed by atoms with Gasteiger partial charge in [0.2, 0.25) is 5.91 Å². The second kappa shape index (κ2) is 10.3. The van der Waals surface area contributed by atoms with Crippen molar-refractivity contribution >= 4 is 27.5 Å². The van der Waals surface area contributed by atoms with Crippen LogP contribution in [0.2, 0.25) is 0 Å². The highest BCUT2D eigenvalue weighted by molar-refractivity contribution is 7.90. The predicted molar refractivity (Wildman–Crippen MR) is 118 cm³/mol. The fourth-order valence-electron chi connectivity index (χ4n) is 2.90. The monoisotopic (exact) mass is 418 g/mol. The molecule has 0 saturated carbocycles. The summed E-state index contributed by atoms with van der Waals surface area (Å²) in [5, 5.41) is 2.81. The van der Waals surface area contributed by atoms with E-state index in [0.29, 0.717) is 12.2 Å². The minimum Gasteiger partial charge on any atom is -0.372 e. The third kappa shape index (κ3) is 5.95. The summed E-state index contributed by atoms with van der Waals surface area (Å²) in [5.74, 6) is -0.368. The zero-order chi connectivity index (χ0) is 21.4. The predicted octanol–water partition coefficient (Wildman–Crippen LogP) is 2.46. The number of carbonyl (C=O) groups excluding carboxylic acids is 1. The molecule has 2 aromatic carbocycles. The van der Waals surface area contributed by atoms with E-state index < -0.39 is 10.2 Å². The molecule has 0 aliphatic rings. The molecule has 0 aromatic heterocycles. The van der Waals surface area contributed by atoms with Gasteiger partial charge < -0.3 is 10.2 Å². The Bertz CT molecular complexity index is 880.